The minimum Gasteiger partial charge on any atom is -0.362 e. The molecule has 0 aliphatic carbocycles. The van der Waals surface area contributed by atoms with Gasteiger partial charge < -0.3 is 4.90 Å². The summed E-state index contributed by atoms with van der Waals surface area (Å²) in [7, 11) is 3.95. The van der Waals surface area contributed by atoms with Crippen molar-refractivity contribution < 1.29 is 0 Å². The van der Waals surface area contributed by atoms with Gasteiger partial charge in [0.15, 0.2) is 0 Å². The number of nitrogens with zero attached hydrogens (tertiary/aromatic N) is 2. The van der Waals surface area contributed by atoms with E-state index in [1.807, 2.05) is 31.1 Å². The fraction of sp³-hybridized carbons (Fsp3) is 0.500. The second-order valence-electron chi connectivity index (χ2n) is 3.60. The first-order chi connectivity index (χ1) is 6.02. The fourth-order valence-corrected chi connectivity index (χ4v) is 1.39. The summed E-state index contributed by atoms with van der Waals surface area (Å²) >= 11 is 5.83. The van der Waals surface area contributed by atoms with Gasteiger partial charge in [0.05, 0.1) is 0 Å². The van der Waals surface area contributed by atoms with Crippen LogP contribution in [0, 0.1) is 0 Å². The molecule has 13 heavy (non-hydrogen) atoms. The van der Waals surface area contributed by atoms with E-state index in [0.717, 1.165) is 5.82 Å². The van der Waals surface area contributed by atoms with Crippen molar-refractivity contribution in [3.63, 3.8) is 0 Å². The number of anilines is 1. The lowest BCUT2D eigenvalue weighted by Crippen LogP contribution is -2.13. The molecule has 0 aliphatic heterocycles. The Labute approximate surface area is 84.5 Å². The Hall–Kier alpha value is -0.760. The molecular weight excluding hydrogens is 184 g/mol. The zero-order valence-corrected chi connectivity index (χ0v) is 9.26. The van der Waals surface area contributed by atoms with Crippen LogP contribution in [0.5, 0.6) is 0 Å². The van der Waals surface area contributed by atoms with Crippen molar-refractivity contribution >= 4 is 17.4 Å². The minimum atomic E-state index is 0.474. The third-order valence-electron chi connectivity index (χ3n) is 1.92. The predicted molar refractivity (Wildman–Crippen MR) is 57.7 cm³/mol. The van der Waals surface area contributed by atoms with Crippen LogP contribution >= 0.6 is 11.6 Å². The van der Waals surface area contributed by atoms with E-state index in [2.05, 4.69) is 18.8 Å². The monoisotopic (exact) mass is 198 g/mol. The van der Waals surface area contributed by atoms with Gasteiger partial charge in [-0.3, -0.25) is 0 Å². The van der Waals surface area contributed by atoms with Crippen molar-refractivity contribution in [3.8, 4) is 0 Å². The van der Waals surface area contributed by atoms with Gasteiger partial charge in [-0.15, -0.1) is 0 Å². The molecule has 0 unspecified atom stereocenters. The van der Waals surface area contributed by atoms with E-state index in [0.29, 0.717) is 11.1 Å². The summed E-state index contributed by atoms with van der Waals surface area (Å²) in [5.41, 5.74) is 1.23. The molecule has 0 amide bonds. The lowest BCUT2D eigenvalue weighted by molar-refractivity contribution is 0.847. The Morgan fingerprint density at radius 1 is 1.31 bits per heavy atom. The van der Waals surface area contributed by atoms with Crippen LogP contribution in [-0.2, 0) is 0 Å². The highest BCUT2D eigenvalue weighted by atomic mass is 35.5. The lowest BCUT2D eigenvalue weighted by Gasteiger charge is -2.18. The first-order valence-corrected chi connectivity index (χ1v) is 4.74. The summed E-state index contributed by atoms with van der Waals surface area (Å²) < 4.78 is 0. The quantitative estimate of drug-likeness (QED) is 0.680. The molecule has 1 aromatic rings. The highest BCUT2D eigenvalue weighted by Crippen LogP contribution is 2.25. The van der Waals surface area contributed by atoms with Gasteiger partial charge in [-0.25, -0.2) is 4.98 Å². The minimum absolute atomic E-state index is 0.474. The highest BCUT2D eigenvalue weighted by Gasteiger charge is 2.09. The van der Waals surface area contributed by atoms with Gasteiger partial charge in [0.25, 0.3) is 0 Å². The number of rotatable bonds is 2. The van der Waals surface area contributed by atoms with E-state index in [1.165, 1.54) is 5.56 Å². The zero-order valence-electron chi connectivity index (χ0n) is 8.50. The third kappa shape index (κ3) is 2.34. The van der Waals surface area contributed by atoms with Crippen molar-refractivity contribution in [2.24, 2.45) is 0 Å². The van der Waals surface area contributed by atoms with E-state index < -0.39 is 0 Å². The molecule has 2 nitrogen and oxygen atoms in total. The Balaban J connectivity index is 3.19. The molecule has 1 rings (SSSR count). The maximum absolute atomic E-state index is 5.83. The molecule has 1 heterocycles. The van der Waals surface area contributed by atoms with E-state index in [-0.39, 0.29) is 0 Å². The first kappa shape index (κ1) is 10.3. The van der Waals surface area contributed by atoms with Crippen molar-refractivity contribution in [3.05, 3.63) is 22.8 Å². The maximum atomic E-state index is 5.83. The molecule has 0 saturated carbocycles. The van der Waals surface area contributed by atoms with Crippen molar-refractivity contribution in [1.29, 1.82) is 0 Å². The fourth-order valence-electron chi connectivity index (χ4n) is 1.24. The SMILES string of the molecule is CC(C)c1ccc(Cl)nc1N(C)C. The Morgan fingerprint density at radius 2 is 1.92 bits per heavy atom. The Bertz CT molecular complexity index is 295. The van der Waals surface area contributed by atoms with E-state index in [9.17, 15) is 0 Å². The maximum Gasteiger partial charge on any atom is 0.133 e. The summed E-state index contributed by atoms with van der Waals surface area (Å²) in [6.07, 6.45) is 0. The smallest absolute Gasteiger partial charge is 0.133 e. The van der Waals surface area contributed by atoms with Crippen LogP contribution in [-0.4, -0.2) is 19.1 Å². The average Bonchev–Trinajstić information content (AvgIpc) is 2.03. The number of aromatic nitrogens is 1. The van der Waals surface area contributed by atoms with Crippen molar-refractivity contribution in [1.82, 2.24) is 4.98 Å². The number of halogens is 1. The zero-order chi connectivity index (χ0) is 10.0. The van der Waals surface area contributed by atoms with Crippen molar-refractivity contribution in [2.75, 3.05) is 19.0 Å². The summed E-state index contributed by atoms with van der Waals surface area (Å²) in [5, 5.41) is 0.549. The van der Waals surface area contributed by atoms with E-state index >= 15 is 0 Å². The molecule has 3 heteroatoms. The molecular formula is C10H15ClN2. The second-order valence-corrected chi connectivity index (χ2v) is 3.98. The number of hydrogen-bond acceptors (Lipinski definition) is 2. The average molecular weight is 199 g/mol. The molecule has 0 bridgehead atoms. The Kier molecular flexibility index (Phi) is 3.15. The van der Waals surface area contributed by atoms with Crippen LogP contribution in [0.4, 0.5) is 5.82 Å². The third-order valence-corrected chi connectivity index (χ3v) is 2.13. The van der Waals surface area contributed by atoms with Gasteiger partial charge in [-0.1, -0.05) is 31.5 Å². The number of pyridine rings is 1. The van der Waals surface area contributed by atoms with Crippen LogP contribution in [0.25, 0.3) is 0 Å². The lowest BCUT2D eigenvalue weighted by atomic mass is 10.0. The van der Waals surface area contributed by atoms with E-state index in [4.69, 9.17) is 11.6 Å². The molecule has 0 aliphatic rings. The van der Waals surface area contributed by atoms with Gasteiger partial charge in [0.2, 0.25) is 0 Å². The summed E-state index contributed by atoms with van der Waals surface area (Å²) in [5.74, 6) is 1.43. The van der Waals surface area contributed by atoms with Crippen LogP contribution in [0.3, 0.4) is 0 Å². The van der Waals surface area contributed by atoms with Gasteiger partial charge in [0.1, 0.15) is 11.0 Å². The molecule has 0 radical (unpaired) electrons. The van der Waals surface area contributed by atoms with Gasteiger partial charge in [0, 0.05) is 14.1 Å². The van der Waals surface area contributed by atoms with Crippen molar-refractivity contribution in [2.45, 2.75) is 19.8 Å². The highest BCUT2D eigenvalue weighted by molar-refractivity contribution is 6.29. The van der Waals surface area contributed by atoms with Crippen LogP contribution in [0.15, 0.2) is 12.1 Å². The van der Waals surface area contributed by atoms with Gasteiger partial charge in [-0.2, -0.15) is 0 Å². The van der Waals surface area contributed by atoms with E-state index in [1.54, 1.807) is 0 Å². The summed E-state index contributed by atoms with van der Waals surface area (Å²) in [4.78, 5) is 6.27. The van der Waals surface area contributed by atoms with Crippen LogP contribution in [0.1, 0.15) is 25.3 Å². The predicted octanol–water partition coefficient (Wildman–Crippen LogP) is 2.92. The molecule has 0 fully saturated rings. The summed E-state index contributed by atoms with van der Waals surface area (Å²) in [6.45, 7) is 4.30. The first-order valence-electron chi connectivity index (χ1n) is 4.36. The largest absolute Gasteiger partial charge is 0.362 e. The van der Waals surface area contributed by atoms with Gasteiger partial charge >= 0.3 is 0 Å². The molecule has 0 saturated heterocycles. The van der Waals surface area contributed by atoms with Crippen LogP contribution < -0.4 is 4.90 Å². The topological polar surface area (TPSA) is 16.1 Å². The molecule has 0 atom stereocenters. The van der Waals surface area contributed by atoms with Gasteiger partial charge in [-0.05, 0) is 17.5 Å². The molecule has 0 spiro atoms. The number of hydrogen-bond donors (Lipinski definition) is 0. The molecule has 0 aromatic carbocycles. The second kappa shape index (κ2) is 3.97. The summed E-state index contributed by atoms with van der Waals surface area (Å²) in [6, 6.07) is 3.87. The standard InChI is InChI=1S/C10H15ClN2/c1-7(2)8-5-6-9(11)12-10(8)13(3)4/h5-7H,1-4H3. The molecule has 1 aromatic heterocycles. The molecule has 72 valence electrons. The normalized spacial score (nSPS) is 10.6. The van der Waals surface area contributed by atoms with Crippen LogP contribution in [0.2, 0.25) is 5.15 Å². The Morgan fingerprint density at radius 3 is 2.38 bits per heavy atom. The molecule has 0 N–H and O–H groups in total.